The van der Waals surface area contributed by atoms with Crippen molar-refractivity contribution in [1.29, 1.82) is 0 Å². The number of rotatable bonds is 5. The third-order valence-corrected chi connectivity index (χ3v) is 2.74. The van der Waals surface area contributed by atoms with Crippen molar-refractivity contribution in [3.8, 4) is 0 Å². The lowest BCUT2D eigenvalue weighted by atomic mass is 10.0. The van der Waals surface area contributed by atoms with E-state index in [1.54, 1.807) is 0 Å². The summed E-state index contributed by atoms with van der Waals surface area (Å²) in [5, 5.41) is 3.10. The van der Waals surface area contributed by atoms with Crippen molar-refractivity contribution in [2.24, 2.45) is 0 Å². The van der Waals surface area contributed by atoms with Gasteiger partial charge in [-0.3, -0.25) is 0 Å². The van der Waals surface area contributed by atoms with Crippen LogP contribution in [-0.2, 0) is 6.42 Å². The van der Waals surface area contributed by atoms with Gasteiger partial charge in [0, 0.05) is 24.2 Å². The van der Waals surface area contributed by atoms with Gasteiger partial charge in [0.15, 0.2) is 0 Å². The first-order chi connectivity index (χ1) is 8.74. The van der Waals surface area contributed by atoms with E-state index in [9.17, 15) is 13.2 Å². The van der Waals surface area contributed by atoms with Gasteiger partial charge in [0.1, 0.15) is 11.6 Å². The topological polar surface area (TPSA) is 37.8 Å². The van der Waals surface area contributed by atoms with E-state index in [2.05, 4.69) is 15.3 Å². The summed E-state index contributed by atoms with van der Waals surface area (Å²) >= 11 is 0. The quantitative estimate of drug-likeness (QED) is 0.887. The normalized spacial score (nSPS) is 12.0. The molecule has 0 aliphatic heterocycles. The van der Waals surface area contributed by atoms with Crippen LogP contribution in [0, 0.1) is 6.92 Å². The number of aryl methyl sites for hydroxylation is 2. The molecule has 0 aliphatic rings. The molecule has 1 N–H and O–H groups in total. The van der Waals surface area contributed by atoms with E-state index < -0.39 is 12.6 Å². The van der Waals surface area contributed by atoms with E-state index in [1.807, 2.05) is 27.7 Å². The molecular formula is C13H20F3N3. The summed E-state index contributed by atoms with van der Waals surface area (Å²) in [6, 6.07) is 0. The molecule has 1 rings (SSSR count). The highest BCUT2D eigenvalue weighted by Gasteiger charge is 2.27. The van der Waals surface area contributed by atoms with Gasteiger partial charge in [-0.05, 0) is 19.8 Å². The highest BCUT2D eigenvalue weighted by Crippen LogP contribution is 2.27. The molecule has 0 aromatic carbocycles. The van der Waals surface area contributed by atoms with Crippen LogP contribution in [0.3, 0.4) is 0 Å². The van der Waals surface area contributed by atoms with E-state index >= 15 is 0 Å². The third-order valence-electron chi connectivity index (χ3n) is 2.74. The SMILES string of the molecule is CCNc1nc(CCC(F)(F)F)nc(C)c1C(C)C. The van der Waals surface area contributed by atoms with Crippen LogP contribution in [-0.4, -0.2) is 22.7 Å². The molecule has 0 saturated carbocycles. The molecule has 3 nitrogen and oxygen atoms in total. The number of aromatic nitrogens is 2. The monoisotopic (exact) mass is 275 g/mol. The lowest BCUT2D eigenvalue weighted by Gasteiger charge is -2.16. The Morgan fingerprint density at radius 3 is 2.32 bits per heavy atom. The number of nitrogens with zero attached hydrogens (tertiary/aromatic N) is 2. The first-order valence-corrected chi connectivity index (χ1v) is 6.42. The second-order valence-electron chi connectivity index (χ2n) is 4.79. The second kappa shape index (κ2) is 6.21. The fourth-order valence-electron chi connectivity index (χ4n) is 2.00. The maximum absolute atomic E-state index is 12.2. The van der Waals surface area contributed by atoms with Crippen molar-refractivity contribution in [3.63, 3.8) is 0 Å². The van der Waals surface area contributed by atoms with Crippen LogP contribution in [0.2, 0.25) is 0 Å². The summed E-state index contributed by atoms with van der Waals surface area (Å²) in [5.41, 5.74) is 1.72. The summed E-state index contributed by atoms with van der Waals surface area (Å²) in [4.78, 5) is 8.41. The highest BCUT2D eigenvalue weighted by molar-refractivity contribution is 5.48. The van der Waals surface area contributed by atoms with E-state index in [0.29, 0.717) is 12.4 Å². The maximum atomic E-state index is 12.2. The maximum Gasteiger partial charge on any atom is 0.389 e. The Kier molecular flexibility index (Phi) is 5.14. The van der Waals surface area contributed by atoms with Crippen LogP contribution in [0.1, 0.15) is 50.2 Å². The molecular weight excluding hydrogens is 255 g/mol. The van der Waals surface area contributed by atoms with Gasteiger partial charge in [-0.25, -0.2) is 9.97 Å². The molecule has 0 unspecified atom stereocenters. The molecule has 0 fully saturated rings. The lowest BCUT2D eigenvalue weighted by molar-refractivity contribution is -0.134. The van der Waals surface area contributed by atoms with Crippen LogP contribution in [0.5, 0.6) is 0 Å². The largest absolute Gasteiger partial charge is 0.389 e. The number of halogens is 3. The predicted molar refractivity (Wildman–Crippen MR) is 69.4 cm³/mol. The lowest BCUT2D eigenvalue weighted by Crippen LogP contribution is -2.14. The van der Waals surface area contributed by atoms with Gasteiger partial charge in [-0.15, -0.1) is 0 Å². The predicted octanol–water partition coefficient (Wildman–Crippen LogP) is 3.84. The summed E-state index contributed by atoms with van der Waals surface area (Å²) in [6.45, 7) is 8.45. The Balaban J connectivity index is 3.03. The van der Waals surface area contributed by atoms with Crippen LogP contribution in [0.25, 0.3) is 0 Å². The zero-order valence-corrected chi connectivity index (χ0v) is 11.7. The molecule has 0 spiro atoms. The molecule has 1 aromatic rings. The Hall–Kier alpha value is -1.33. The Morgan fingerprint density at radius 2 is 1.84 bits per heavy atom. The first kappa shape index (κ1) is 15.7. The summed E-state index contributed by atoms with van der Waals surface area (Å²) in [6.07, 6.45) is -5.24. The van der Waals surface area contributed by atoms with Crippen LogP contribution in [0.15, 0.2) is 0 Å². The zero-order chi connectivity index (χ0) is 14.6. The van der Waals surface area contributed by atoms with Crippen molar-refractivity contribution in [2.75, 3.05) is 11.9 Å². The van der Waals surface area contributed by atoms with Gasteiger partial charge in [0.2, 0.25) is 0 Å². The summed E-state index contributed by atoms with van der Waals surface area (Å²) in [7, 11) is 0. The molecule has 108 valence electrons. The molecule has 0 bridgehead atoms. The van der Waals surface area contributed by atoms with E-state index in [1.165, 1.54) is 0 Å². The van der Waals surface area contributed by atoms with Crippen molar-refractivity contribution < 1.29 is 13.2 Å². The molecule has 0 radical (unpaired) electrons. The number of hydrogen-bond acceptors (Lipinski definition) is 3. The Morgan fingerprint density at radius 1 is 1.21 bits per heavy atom. The van der Waals surface area contributed by atoms with Gasteiger partial charge >= 0.3 is 6.18 Å². The Bertz CT molecular complexity index is 428. The van der Waals surface area contributed by atoms with Crippen molar-refractivity contribution in [1.82, 2.24) is 9.97 Å². The minimum absolute atomic E-state index is 0.179. The number of nitrogens with one attached hydrogen (secondary N) is 1. The highest BCUT2D eigenvalue weighted by atomic mass is 19.4. The van der Waals surface area contributed by atoms with E-state index in [4.69, 9.17) is 0 Å². The smallest absolute Gasteiger partial charge is 0.370 e. The van der Waals surface area contributed by atoms with Crippen LogP contribution in [0.4, 0.5) is 19.0 Å². The molecule has 0 atom stereocenters. The number of hydrogen-bond donors (Lipinski definition) is 1. The van der Waals surface area contributed by atoms with Gasteiger partial charge in [-0.1, -0.05) is 13.8 Å². The third kappa shape index (κ3) is 4.69. The summed E-state index contributed by atoms with van der Waals surface area (Å²) in [5.74, 6) is 1.13. The van der Waals surface area contributed by atoms with Gasteiger partial charge in [0.05, 0.1) is 6.42 Å². The Labute approximate surface area is 111 Å². The van der Waals surface area contributed by atoms with Gasteiger partial charge in [0.25, 0.3) is 0 Å². The zero-order valence-electron chi connectivity index (χ0n) is 11.7. The van der Waals surface area contributed by atoms with Gasteiger partial charge in [-0.2, -0.15) is 13.2 Å². The summed E-state index contributed by atoms with van der Waals surface area (Å²) < 4.78 is 36.7. The number of alkyl halides is 3. The molecule has 6 heteroatoms. The molecule has 0 saturated heterocycles. The molecule has 0 amide bonds. The second-order valence-corrected chi connectivity index (χ2v) is 4.79. The van der Waals surface area contributed by atoms with Crippen molar-refractivity contribution in [2.45, 2.75) is 52.6 Å². The fourth-order valence-corrected chi connectivity index (χ4v) is 2.00. The fraction of sp³-hybridized carbons (Fsp3) is 0.692. The number of anilines is 1. The van der Waals surface area contributed by atoms with Crippen LogP contribution >= 0.6 is 0 Å². The molecule has 1 aromatic heterocycles. The molecule has 19 heavy (non-hydrogen) atoms. The first-order valence-electron chi connectivity index (χ1n) is 6.42. The van der Waals surface area contributed by atoms with Gasteiger partial charge < -0.3 is 5.32 Å². The van der Waals surface area contributed by atoms with Crippen molar-refractivity contribution >= 4 is 5.82 Å². The standard InChI is InChI=1S/C13H20F3N3/c1-5-17-12-11(8(2)3)9(4)18-10(19-12)6-7-13(14,15)16/h8H,5-7H2,1-4H3,(H,17,18,19). The average Bonchev–Trinajstić information content (AvgIpc) is 2.24. The van der Waals surface area contributed by atoms with Crippen molar-refractivity contribution in [3.05, 3.63) is 17.1 Å². The molecule has 0 aliphatic carbocycles. The van der Waals surface area contributed by atoms with E-state index in [-0.39, 0.29) is 18.2 Å². The minimum atomic E-state index is -4.17. The van der Waals surface area contributed by atoms with E-state index in [0.717, 1.165) is 11.3 Å². The average molecular weight is 275 g/mol. The minimum Gasteiger partial charge on any atom is -0.370 e. The van der Waals surface area contributed by atoms with Crippen LogP contribution < -0.4 is 5.32 Å². The molecule has 1 heterocycles.